The molecule has 94 valence electrons. The van der Waals surface area contributed by atoms with Gasteiger partial charge in [0.25, 0.3) is 0 Å². The summed E-state index contributed by atoms with van der Waals surface area (Å²) in [5.41, 5.74) is -0.687. The number of carbonyl (C=O) groups excluding carboxylic acids is 1. The maximum atomic E-state index is 12.8. The minimum Gasteiger partial charge on any atom is -0.288 e. The van der Waals surface area contributed by atoms with E-state index in [9.17, 15) is 18.0 Å². The number of hydrogen-bond acceptors (Lipinski definition) is 3. The number of pyridine rings is 1. The summed E-state index contributed by atoms with van der Waals surface area (Å²) in [4.78, 5) is 16.0. The zero-order valence-electron chi connectivity index (χ0n) is 9.28. The quantitative estimate of drug-likeness (QED) is 0.779. The van der Waals surface area contributed by atoms with E-state index in [0.717, 1.165) is 29.8 Å². The van der Waals surface area contributed by atoms with Gasteiger partial charge in [-0.15, -0.1) is 11.3 Å². The third kappa shape index (κ3) is 2.28. The fourth-order valence-electron chi connectivity index (χ4n) is 1.55. The number of carbonyl (C=O) groups is 1. The highest BCUT2D eigenvalue weighted by Crippen LogP contribution is 2.33. The lowest BCUT2D eigenvalue weighted by atomic mass is 10.0. The summed E-state index contributed by atoms with van der Waals surface area (Å²) in [5.74, 6) is -0.636. The Morgan fingerprint density at radius 3 is 2.61 bits per heavy atom. The number of alkyl halides is 3. The van der Waals surface area contributed by atoms with Crippen LogP contribution >= 0.6 is 11.3 Å². The van der Waals surface area contributed by atoms with Crippen molar-refractivity contribution in [2.75, 3.05) is 0 Å². The second kappa shape index (κ2) is 4.53. The number of aromatic nitrogens is 1. The van der Waals surface area contributed by atoms with Crippen LogP contribution in [0.4, 0.5) is 13.2 Å². The van der Waals surface area contributed by atoms with E-state index in [1.54, 1.807) is 18.4 Å². The molecule has 2 aromatic heterocycles. The van der Waals surface area contributed by atoms with Gasteiger partial charge in [-0.3, -0.25) is 9.78 Å². The summed E-state index contributed by atoms with van der Waals surface area (Å²) in [6.07, 6.45) is -2.57. The molecule has 0 aromatic carbocycles. The molecule has 0 saturated heterocycles. The lowest BCUT2D eigenvalue weighted by Crippen LogP contribution is -2.14. The standard InChI is InChI=1S/C12H8F3NOS/c1-7-3-5-18-11(7)10(17)8-6-16-4-2-9(8)12(13,14)15/h2-6H,1H3. The summed E-state index contributed by atoms with van der Waals surface area (Å²) in [5, 5.41) is 1.67. The lowest BCUT2D eigenvalue weighted by Gasteiger charge is -2.10. The zero-order valence-corrected chi connectivity index (χ0v) is 10.1. The molecule has 2 aromatic rings. The summed E-state index contributed by atoms with van der Waals surface area (Å²) < 4.78 is 38.3. The predicted molar refractivity (Wildman–Crippen MR) is 61.7 cm³/mol. The Morgan fingerprint density at radius 1 is 1.33 bits per heavy atom. The van der Waals surface area contributed by atoms with E-state index in [1.807, 2.05) is 0 Å². The molecule has 6 heteroatoms. The molecular formula is C12H8F3NOS. The van der Waals surface area contributed by atoms with Crippen molar-refractivity contribution >= 4 is 17.1 Å². The summed E-state index contributed by atoms with van der Waals surface area (Å²) in [7, 11) is 0. The number of rotatable bonds is 2. The number of ketones is 1. The Bertz CT molecular complexity index is 589. The van der Waals surface area contributed by atoms with E-state index in [1.165, 1.54) is 0 Å². The first-order chi connectivity index (χ1) is 8.41. The molecule has 0 spiro atoms. The van der Waals surface area contributed by atoms with Crippen LogP contribution in [0, 0.1) is 6.92 Å². The van der Waals surface area contributed by atoms with Crippen LogP contribution in [0.25, 0.3) is 0 Å². The Balaban J connectivity index is 2.53. The van der Waals surface area contributed by atoms with Crippen molar-refractivity contribution in [3.05, 3.63) is 51.5 Å². The van der Waals surface area contributed by atoms with Crippen LogP contribution in [0.5, 0.6) is 0 Å². The molecule has 0 aliphatic carbocycles. The number of hydrogen-bond donors (Lipinski definition) is 0. The molecule has 0 atom stereocenters. The first-order valence-corrected chi connectivity index (χ1v) is 5.89. The monoisotopic (exact) mass is 271 g/mol. The second-order valence-electron chi connectivity index (χ2n) is 3.68. The molecule has 0 amide bonds. The number of thiophene rings is 1. The number of halogens is 3. The van der Waals surface area contributed by atoms with Crippen molar-refractivity contribution in [2.45, 2.75) is 13.1 Å². The van der Waals surface area contributed by atoms with E-state index >= 15 is 0 Å². The van der Waals surface area contributed by atoms with Crippen LogP contribution in [-0.2, 0) is 6.18 Å². The minimum atomic E-state index is -4.56. The smallest absolute Gasteiger partial charge is 0.288 e. The maximum absolute atomic E-state index is 12.8. The number of nitrogens with zero attached hydrogens (tertiary/aromatic N) is 1. The molecule has 18 heavy (non-hydrogen) atoms. The van der Waals surface area contributed by atoms with Gasteiger partial charge in [-0.1, -0.05) is 0 Å². The van der Waals surface area contributed by atoms with Gasteiger partial charge in [0.2, 0.25) is 5.78 Å². The molecule has 0 saturated carbocycles. The van der Waals surface area contributed by atoms with Gasteiger partial charge in [-0.05, 0) is 30.0 Å². The predicted octanol–water partition coefficient (Wildman–Crippen LogP) is 3.70. The molecule has 0 N–H and O–H groups in total. The van der Waals surface area contributed by atoms with Gasteiger partial charge in [-0.25, -0.2) is 0 Å². The van der Waals surface area contributed by atoms with Crippen molar-refractivity contribution in [3.8, 4) is 0 Å². The minimum absolute atomic E-state index is 0.313. The van der Waals surface area contributed by atoms with Gasteiger partial charge in [0.15, 0.2) is 0 Å². The van der Waals surface area contributed by atoms with Crippen molar-refractivity contribution in [2.24, 2.45) is 0 Å². The zero-order chi connectivity index (χ0) is 13.3. The first-order valence-electron chi connectivity index (χ1n) is 5.01. The Morgan fingerprint density at radius 2 is 2.06 bits per heavy atom. The lowest BCUT2D eigenvalue weighted by molar-refractivity contribution is -0.137. The summed E-state index contributed by atoms with van der Waals surface area (Å²) >= 11 is 1.13. The Hall–Kier alpha value is -1.69. The fourth-order valence-corrected chi connectivity index (χ4v) is 2.43. The SMILES string of the molecule is Cc1ccsc1C(=O)c1cnccc1C(F)(F)F. The van der Waals surface area contributed by atoms with Crippen LogP contribution in [0.15, 0.2) is 29.9 Å². The molecular weight excluding hydrogens is 263 g/mol. The first kappa shape index (κ1) is 12.8. The van der Waals surface area contributed by atoms with Crippen LogP contribution < -0.4 is 0 Å². The largest absolute Gasteiger partial charge is 0.417 e. The van der Waals surface area contributed by atoms with Crippen LogP contribution in [0.1, 0.15) is 26.4 Å². The molecule has 2 rings (SSSR count). The molecule has 0 fully saturated rings. The van der Waals surface area contributed by atoms with Gasteiger partial charge < -0.3 is 0 Å². The maximum Gasteiger partial charge on any atom is 0.417 e. The average molecular weight is 271 g/mol. The highest BCUT2D eigenvalue weighted by molar-refractivity contribution is 7.12. The van der Waals surface area contributed by atoms with Crippen molar-refractivity contribution in [3.63, 3.8) is 0 Å². The highest BCUT2D eigenvalue weighted by Gasteiger charge is 2.35. The average Bonchev–Trinajstić information content (AvgIpc) is 2.73. The van der Waals surface area contributed by atoms with Crippen molar-refractivity contribution in [1.29, 1.82) is 0 Å². The van der Waals surface area contributed by atoms with Crippen molar-refractivity contribution in [1.82, 2.24) is 4.98 Å². The molecule has 0 radical (unpaired) electrons. The summed E-state index contributed by atoms with van der Waals surface area (Å²) in [6.45, 7) is 1.69. The van der Waals surface area contributed by atoms with Crippen LogP contribution in [-0.4, -0.2) is 10.8 Å². The van der Waals surface area contributed by atoms with Crippen LogP contribution in [0.2, 0.25) is 0 Å². The van der Waals surface area contributed by atoms with Gasteiger partial charge in [0.05, 0.1) is 16.0 Å². The topological polar surface area (TPSA) is 30.0 Å². The molecule has 2 nitrogen and oxygen atoms in total. The Kier molecular flexibility index (Phi) is 3.21. The van der Waals surface area contributed by atoms with Gasteiger partial charge in [0, 0.05) is 12.4 Å². The van der Waals surface area contributed by atoms with E-state index in [2.05, 4.69) is 4.98 Å². The van der Waals surface area contributed by atoms with Crippen molar-refractivity contribution < 1.29 is 18.0 Å². The van der Waals surface area contributed by atoms with Gasteiger partial charge in [0.1, 0.15) is 0 Å². The third-order valence-corrected chi connectivity index (χ3v) is 3.45. The van der Waals surface area contributed by atoms with Gasteiger partial charge in [-0.2, -0.15) is 13.2 Å². The second-order valence-corrected chi connectivity index (χ2v) is 4.60. The van der Waals surface area contributed by atoms with E-state index < -0.39 is 23.1 Å². The molecule has 0 unspecified atom stereocenters. The summed E-state index contributed by atoms with van der Waals surface area (Å²) in [6, 6.07) is 2.51. The third-order valence-electron chi connectivity index (χ3n) is 2.44. The highest BCUT2D eigenvalue weighted by atomic mass is 32.1. The molecule has 0 bridgehead atoms. The molecule has 2 heterocycles. The fraction of sp³-hybridized carbons (Fsp3) is 0.167. The Labute approximate surface area is 105 Å². The van der Waals surface area contributed by atoms with E-state index in [4.69, 9.17) is 0 Å². The van der Waals surface area contributed by atoms with E-state index in [-0.39, 0.29) is 0 Å². The molecule has 0 aliphatic heterocycles. The number of aryl methyl sites for hydroxylation is 1. The van der Waals surface area contributed by atoms with E-state index in [0.29, 0.717) is 10.4 Å². The van der Waals surface area contributed by atoms with Crippen LogP contribution in [0.3, 0.4) is 0 Å². The molecule has 0 aliphatic rings. The normalized spacial score (nSPS) is 11.6. The van der Waals surface area contributed by atoms with Gasteiger partial charge >= 0.3 is 6.18 Å².